The van der Waals surface area contributed by atoms with Crippen LogP contribution in [0, 0.1) is 0 Å². The molecule has 2 aromatic carbocycles. The van der Waals surface area contributed by atoms with E-state index in [1.54, 1.807) is 25.3 Å². The average Bonchev–Trinajstić information content (AvgIpc) is 3.12. The first-order chi connectivity index (χ1) is 14.9. The molecule has 4 rings (SSSR count). The van der Waals surface area contributed by atoms with E-state index in [1.807, 2.05) is 35.9 Å². The molecule has 0 bridgehead atoms. The van der Waals surface area contributed by atoms with Crippen LogP contribution in [0.15, 0.2) is 53.6 Å². The first kappa shape index (κ1) is 21.4. The maximum atomic E-state index is 13.2. The van der Waals surface area contributed by atoms with Gasteiger partial charge in [-0.3, -0.25) is 4.79 Å². The van der Waals surface area contributed by atoms with Gasteiger partial charge in [0.15, 0.2) is 0 Å². The Morgan fingerprint density at radius 3 is 2.65 bits per heavy atom. The molecule has 1 amide bonds. The number of rotatable bonds is 6. The van der Waals surface area contributed by atoms with Gasteiger partial charge in [0.2, 0.25) is 10.0 Å². The normalized spacial score (nSPS) is 15.2. The van der Waals surface area contributed by atoms with Gasteiger partial charge in [0.25, 0.3) is 5.91 Å². The van der Waals surface area contributed by atoms with Gasteiger partial charge in [0.05, 0.1) is 25.4 Å². The zero-order chi connectivity index (χ0) is 22.0. The number of carbonyl (C=O) groups is 1. The van der Waals surface area contributed by atoms with E-state index in [2.05, 4.69) is 5.32 Å². The van der Waals surface area contributed by atoms with Gasteiger partial charge in [-0.2, -0.15) is 4.31 Å². The van der Waals surface area contributed by atoms with Gasteiger partial charge in [-0.15, -0.1) is 0 Å². The molecular weight excluding hydrogens is 418 g/mol. The van der Waals surface area contributed by atoms with Gasteiger partial charge in [0.1, 0.15) is 10.6 Å². The minimum absolute atomic E-state index is 0.0342. The second-order valence-corrected chi connectivity index (χ2v) is 9.14. The van der Waals surface area contributed by atoms with E-state index in [4.69, 9.17) is 9.47 Å². The van der Waals surface area contributed by atoms with Gasteiger partial charge in [0, 0.05) is 42.9 Å². The predicted molar refractivity (Wildman–Crippen MR) is 118 cm³/mol. The number of aromatic nitrogens is 1. The number of nitrogens with one attached hydrogen (secondary N) is 1. The first-order valence-electron chi connectivity index (χ1n) is 10.1. The summed E-state index contributed by atoms with van der Waals surface area (Å²) in [6.07, 6.45) is 1.76. The van der Waals surface area contributed by atoms with Gasteiger partial charge >= 0.3 is 0 Å². The number of aryl methyl sites for hydroxylation is 1. The Kier molecular flexibility index (Phi) is 5.99. The number of fused-ring (bicyclic) bond motifs is 1. The van der Waals surface area contributed by atoms with E-state index < -0.39 is 10.0 Å². The molecule has 9 heteroatoms. The Balaban J connectivity index is 1.67. The molecule has 1 aliphatic rings. The molecule has 31 heavy (non-hydrogen) atoms. The van der Waals surface area contributed by atoms with Crippen molar-refractivity contribution < 1.29 is 22.7 Å². The second-order valence-electron chi connectivity index (χ2n) is 7.24. The molecule has 1 N–H and O–H groups in total. The summed E-state index contributed by atoms with van der Waals surface area (Å²) in [5.41, 5.74) is 1.84. The third-order valence-electron chi connectivity index (χ3n) is 5.23. The van der Waals surface area contributed by atoms with Crippen molar-refractivity contribution in [3.8, 4) is 5.75 Å². The van der Waals surface area contributed by atoms with Gasteiger partial charge in [-0.25, -0.2) is 8.42 Å². The number of ether oxygens (including phenoxy) is 2. The van der Waals surface area contributed by atoms with Crippen LogP contribution in [0.2, 0.25) is 0 Å². The fourth-order valence-electron chi connectivity index (χ4n) is 3.71. The first-order valence-corrected chi connectivity index (χ1v) is 11.6. The number of hydrogen-bond acceptors (Lipinski definition) is 5. The summed E-state index contributed by atoms with van der Waals surface area (Å²) in [5, 5.41) is 3.66. The zero-order valence-electron chi connectivity index (χ0n) is 17.5. The minimum atomic E-state index is -3.80. The summed E-state index contributed by atoms with van der Waals surface area (Å²) in [7, 11) is -1.92. The molecule has 1 aliphatic heterocycles. The lowest BCUT2D eigenvalue weighted by molar-refractivity contribution is 0.0729. The quantitative estimate of drug-likeness (QED) is 0.633. The SMILES string of the molecule is CCOc1ccc(NC(=O)c2cn(C)c3ccccc23)cc1S(=O)(=O)N1CCOCC1. The summed E-state index contributed by atoms with van der Waals surface area (Å²) < 4.78 is 40.6. The Morgan fingerprint density at radius 2 is 1.90 bits per heavy atom. The highest BCUT2D eigenvalue weighted by molar-refractivity contribution is 7.89. The van der Waals surface area contributed by atoms with E-state index in [-0.39, 0.29) is 29.6 Å². The monoisotopic (exact) mass is 443 g/mol. The molecule has 1 fully saturated rings. The van der Waals surface area contributed by atoms with Crippen molar-refractivity contribution in [2.75, 3.05) is 38.2 Å². The van der Waals surface area contributed by atoms with Crippen molar-refractivity contribution >= 4 is 32.5 Å². The number of nitrogens with zero attached hydrogens (tertiary/aromatic N) is 2. The smallest absolute Gasteiger partial charge is 0.257 e. The highest BCUT2D eigenvalue weighted by atomic mass is 32.2. The molecule has 8 nitrogen and oxygen atoms in total. The van der Waals surface area contributed by atoms with Crippen molar-refractivity contribution in [1.82, 2.24) is 8.87 Å². The van der Waals surface area contributed by atoms with Gasteiger partial charge in [-0.05, 0) is 31.2 Å². The number of carbonyl (C=O) groups excluding carboxylic acids is 1. The second kappa shape index (κ2) is 8.70. The predicted octanol–water partition coefficient (Wildman–Crippen LogP) is 2.85. The molecule has 1 aromatic heterocycles. The third-order valence-corrected chi connectivity index (χ3v) is 7.15. The molecule has 164 valence electrons. The third kappa shape index (κ3) is 4.16. The molecule has 0 unspecified atom stereocenters. The van der Waals surface area contributed by atoms with Crippen LogP contribution in [-0.2, 0) is 21.8 Å². The van der Waals surface area contributed by atoms with Crippen LogP contribution in [0.5, 0.6) is 5.75 Å². The van der Waals surface area contributed by atoms with Gasteiger partial charge in [-0.1, -0.05) is 18.2 Å². The van der Waals surface area contributed by atoms with Gasteiger partial charge < -0.3 is 19.4 Å². The summed E-state index contributed by atoms with van der Waals surface area (Å²) >= 11 is 0. The highest BCUT2D eigenvalue weighted by Crippen LogP contribution is 2.31. The summed E-state index contributed by atoms with van der Waals surface area (Å²) in [6, 6.07) is 12.3. The van der Waals surface area contributed by atoms with Crippen molar-refractivity contribution in [2.24, 2.45) is 7.05 Å². The molecule has 0 aliphatic carbocycles. The molecule has 0 atom stereocenters. The van der Waals surface area contributed by atoms with Crippen LogP contribution in [0.4, 0.5) is 5.69 Å². The van der Waals surface area contributed by atoms with Crippen molar-refractivity contribution in [2.45, 2.75) is 11.8 Å². The maximum absolute atomic E-state index is 13.2. The molecule has 0 saturated carbocycles. The average molecular weight is 444 g/mol. The number of anilines is 1. The molecule has 0 radical (unpaired) electrons. The van der Waals surface area contributed by atoms with Crippen molar-refractivity contribution in [3.05, 3.63) is 54.2 Å². The molecule has 3 aromatic rings. The largest absolute Gasteiger partial charge is 0.492 e. The van der Waals surface area contributed by atoms with E-state index in [1.165, 1.54) is 10.4 Å². The lowest BCUT2D eigenvalue weighted by Crippen LogP contribution is -2.40. The summed E-state index contributed by atoms with van der Waals surface area (Å²) in [5.74, 6) is -0.0483. The topological polar surface area (TPSA) is 89.9 Å². The number of benzene rings is 2. The standard InChI is InChI=1S/C22H25N3O5S/c1-3-30-20-9-8-16(14-21(20)31(27,28)25-10-12-29-13-11-25)23-22(26)18-15-24(2)19-7-5-4-6-17(18)19/h4-9,14-15H,3,10-13H2,1-2H3,(H,23,26). The molecule has 2 heterocycles. The zero-order valence-corrected chi connectivity index (χ0v) is 18.3. The van der Waals surface area contributed by atoms with Crippen LogP contribution in [0.3, 0.4) is 0 Å². The van der Waals surface area contributed by atoms with Crippen molar-refractivity contribution in [3.63, 3.8) is 0 Å². The van der Waals surface area contributed by atoms with Crippen LogP contribution in [0.25, 0.3) is 10.9 Å². The molecule has 1 saturated heterocycles. The molecular formula is C22H25N3O5S. The maximum Gasteiger partial charge on any atom is 0.257 e. The fourth-order valence-corrected chi connectivity index (χ4v) is 5.27. The van der Waals surface area contributed by atoms with Crippen LogP contribution >= 0.6 is 0 Å². The lowest BCUT2D eigenvalue weighted by Gasteiger charge is -2.27. The van der Waals surface area contributed by atoms with Crippen LogP contribution in [0.1, 0.15) is 17.3 Å². The Bertz CT molecular complexity index is 1210. The summed E-state index contributed by atoms with van der Waals surface area (Å²) in [6.45, 7) is 3.37. The van der Waals surface area contributed by atoms with Crippen molar-refractivity contribution in [1.29, 1.82) is 0 Å². The number of hydrogen-bond donors (Lipinski definition) is 1. The number of amides is 1. The number of para-hydroxylation sites is 1. The van der Waals surface area contributed by atoms with E-state index in [9.17, 15) is 13.2 Å². The number of sulfonamides is 1. The lowest BCUT2D eigenvalue weighted by atomic mass is 10.1. The Morgan fingerprint density at radius 1 is 1.16 bits per heavy atom. The van der Waals surface area contributed by atoms with E-state index >= 15 is 0 Å². The minimum Gasteiger partial charge on any atom is -0.492 e. The Hall–Kier alpha value is -2.88. The van der Waals surface area contributed by atoms with E-state index in [0.29, 0.717) is 31.1 Å². The molecule has 0 spiro atoms. The highest BCUT2D eigenvalue weighted by Gasteiger charge is 2.30. The Labute approximate surface area is 181 Å². The van der Waals surface area contributed by atoms with Crippen LogP contribution in [-0.4, -0.2) is 56.1 Å². The van der Waals surface area contributed by atoms with E-state index in [0.717, 1.165) is 10.9 Å². The summed E-state index contributed by atoms with van der Waals surface area (Å²) in [4.78, 5) is 13.0. The fraction of sp³-hybridized carbons (Fsp3) is 0.318. The number of morpholine rings is 1. The van der Waals surface area contributed by atoms with Crippen LogP contribution < -0.4 is 10.1 Å².